The van der Waals surface area contributed by atoms with E-state index in [1.807, 2.05) is 0 Å². The molecule has 116 valence electrons. The summed E-state index contributed by atoms with van der Waals surface area (Å²) in [5.41, 5.74) is 2.71. The van der Waals surface area contributed by atoms with Crippen LogP contribution in [0.2, 0.25) is 0 Å². The normalized spacial score (nSPS) is 25.1. The standard InChI is InChI=1S/C18H29N3/c1-4-19-18-15-6-5-7-16(15)20-17(21-18)14-10-8-13(9-11-14)12(2)3/h12-14H,4-11H2,1-3H3,(H,19,20,21). The lowest BCUT2D eigenvalue weighted by Crippen LogP contribution is -2.20. The number of hydrogen-bond donors (Lipinski definition) is 1. The number of fused-ring (bicyclic) bond motifs is 1. The number of rotatable bonds is 4. The predicted octanol–water partition coefficient (Wildman–Crippen LogP) is 4.33. The molecule has 0 amide bonds. The summed E-state index contributed by atoms with van der Waals surface area (Å²) in [5, 5.41) is 3.46. The highest BCUT2D eigenvalue weighted by Crippen LogP contribution is 2.38. The molecule has 0 spiro atoms. The Bertz CT molecular complexity index is 487. The maximum Gasteiger partial charge on any atom is 0.134 e. The van der Waals surface area contributed by atoms with Crippen molar-refractivity contribution in [2.24, 2.45) is 11.8 Å². The minimum Gasteiger partial charge on any atom is -0.370 e. The quantitative estimate of drug-likeness (QED) is 0.896. The van der Waals surface area contributed by atoms with E-state index in [1.54, 1.807) is 0 Å². The van der Waals surface area contributed by atoms with Crippen LogP contribution in [0, 0.1) is 11.8 Å². The number of aromatic nitrogens is 2. The third-order valence-electron chi connectivity index (χ3n) is 5.37. The van der Waals surface area contributed by atoms with E-state index in [2.05, 4.69) is 26.1 Å². The summed E-state index contributed by atoms with van der Waals surface area (Å²) in [6.07, 6.45) is 8.77. The van der Waals surface area contributed by atoms with Gasteiger partial charge >= 0.3 is 0 Å². The Morgan fingerprint density at radius 1 is 1.10 bits per heavy atom. The molecule has 1 aromatic rings. The van der Waals surface area contributed by atoms with Gasteiger partial charge in [-0.3, -0.25) is 0 Å². The monoisotopic (exact) mass is 287 g/mol. The Balaban J connectivity index is 1.78. The third-order valence-corrected chi connectivity index (χ3v) is 5.37. The van der Waals surface area contributed by atoms with E-state index in [9.17, 15) is 0 Å². The van der Waals surface area contributed by atoms with Crippen molar-refractivity contribution in [3.63, 3.8) is 0 Å². The molecular weight excluding hydrogens is 258 g/mol. The Morgan fingerprint density at radius 3 is 2.52 bits per heavy atom. The van der Waals surface area contributed by atoms with Crippen molar-refractivity contribution in [2.45, 2.75) is 71.6 Å². The van der Waals surface area contributed by atoms with Gasteiger partial charge in [-0.15, -0.1) is 0 Å². The molecule has 2 aliphatic rings. The van der Waals surface area contributed by atoms with Gasteiger partial charge in [0.2, 0.25) is 0 Å². The van der Waals surface area contributed by atoms with E-state index in [1.165, 1.54) is 43.4 Å². The van der Waals surface area contributed by atoms with E-state index in [0.29, 0.717) is 5.92 Å². The van der Waals surface area contributed by atoms with Gasteiger partial charge in [0, 0.05) is 23.7 Å². The van der Waals surface area contributed by atoms with Crippen LogP contribution < -0.4 is 5.32 Å². The minimum absolute atomic E-state index is 0.586. The van der Waals surface area contributed by atoms with Crippen LogP contribution in [0.3, 0.4) is 0 Å². The van der Waals surface area contributed by atoms with Crippen LogP contribution in [0.25, 0.3) is 0 Å². The average Bonchev–Trinajstić information content (AvgIpc) is 2.96. The van der Waals surface area contributed by atoms with Crippen LogP contribution >= 0.6 is 0 Å². The summed E-state index contributed by atoms with van der Waals surface area (Å²) in [5.74, 6) is 4.56. The molecule has 1 N–H and O–H groups in total. The maximum atomic E-state index is 4.94. The number of aryl methyl sites for hydroxylation is 1. The van der Waals surface area contributed by atoms with E-state index < -0.39 is 0 Å². The second kappa shape index (κ2) is 6.33. The Morgan fingerprint density at radius 2 is 1.86 bits per heavy atom. The number of nitrogens with zero attached hydrogens (tertiary/aromatic N) is 2. The SMILES string of the molecule is CCNc1nc(C2CCC(C(C)C)CC2)nc2c1CCC2. The molecule has 0 saturated heterocycles. The highest BCUT2D eigenvalue weighted by molar-refractivity contribution is 5.49. The lowest BCUT2D eigenvalue weighted by molar-refractivity contribution is 0.254. The Labute approximate surface area is 129 Å². The van der Waals surface area contributed by atoms with Crippen LogP contribution in [0.15, 0.2) is 0 Å². The largest absolute Gasteiger partial charge is 0.370 e. The minimum atomic E-state index is 0.586. The van der Waals surface area contributed by atoms with Crippen molar-refractivity contribution in [3.8, 4) is 0 Å². The summed E-state index contributed by atoms with van der Waals surface area (Å²) >= 11 is 0. The Kier molecular flexibility index (Phi) is 4.46. The molecule has 0 bridgehead atoms. The molecule has 2 aliphatic carbocycles. The molecule has 0 atom stereocenters. The zero-order valence-corrected chi connectivity index (χ0v) is 13.8. The van der Waals surface area contributed by atoms with Gasteiger partial charge in [-0.25, -0.2) is 9.97 Å². The van der Waals surface area contributed by atoms with Crippen LogP contribution in [0.1, 0.15) is 75.9 Å². The first kappa shape index (κ1) is 14.8. The molecule has 0 aliphatic heterocycles. The van der Waals surface area contributed by atoms with E-state index >= 15 is 0 Å². The molecule has 0 radical (unpaired) electrons. The second-order valence-electron chi connectivity index (χ2n) is 7.10. The van der Waals surface area contributed by atoms with Crippen molar-refractivity contribution in [1.82, 2.24) is 9.97 Å². The second-order valence-corrected chi connectivity index (χ2v) is 7.10. The summed E-state index contributed by atoms with van der Waals surface area (Å²) in [6.45, 7) is 7.82. The molecule has 3 nitrogen and oxygen atoms in total. The highest BCUT2D eigenvalue weighted by atomic mass is 15.0. The molecular formula is C18H29N3. The molecule has 1 heterocycles. The molecule has 1 saturated carbocycles. The number of anilines is 1. The van der Waals surface area contributed by atoms with Gasteiger partial charge in [-0.1, -0.05) is 13.8 Å². The Hall–Kier alpha value is -1.12. The summed E-state index contributed by atoms with van der Waals surface area (Å²) in [7, 11) is 0. The van der Waals surface area contributed by atoms with Crippen molar-refractivity contribution in [2.75, 3.05) is 11.9 Å². The van der Waals surface area contributed by atoms with Crippen molar-refractivity contribution in [3.05, 3.63) is 17.1 Å². The lowest BCUT2D eigenvalue weighted by Gasteiger charge is -2.30. The smallest absolute Gasteiger partial charge is 0.134 e. The van der Waals surface area contributed by atoms with E-state index in [4.69, 9.17) is 9.97 Å². The fraction of sp³-hybridized carbons (Fsp3) is 0.778. The van der Waals surface area contributed by atoms with Gasteiger partial charge in [0.05, 0.1) is 0 Å². The average molecular weight is 287 g/mol. The summed E-state index contributed by atoms with van der Waals surface area (Å²) in [4.78, 5) is 9.84. The fourth-order valence-corrected chi connectivity index (χ4v) is 3.99. The molecule has 1 fully saturated rings. The van der Waals surface area contributed by atoms with Gasteiger partial charge in [0.15, 0.2) is 0 Å². The van der Waals surface area contributed by atoms with Crippen molar-refractivity contribution >= 4 is 5.82 Å². The highest BCUT2D eigenvalue weighted by Gasteiger charge is 2.28. The molecule has 0 unspecified atom stereocenters. The van der Waals surface area contributed by atoms with Crippen LogP contribution in [-0.4, -0.2) is 16.5 Å². The summed E-state index contributed by atoms with van der Waals surface area (Å²) in [6, 6.07) is 0. The van der Waals surface area contributed by atoms with E-state index in [-0.39, 0.29) is 0 Å². The van der Waals surface area contributed by atoms with Gasteiger partial charge < -0.3 is 5.32 Å². The fourth-order valence-electron chi connectivity index (χ4n) is 3.99. The number of nitrogens with one attached hydrogen (secondary N) is 1. The van der Waals surface area contributed by atoms with Gasteiger partial charge in [0.1, 0.15) is 11.6 Å². The predicted molar refractivity (Wildman–Crippen MR) is 87.8 cm³/mol. The first-order valence-corrected chi connectivity index (χ1v) is 8.82. The zero-order valence-electron chi connectivity index (χ0n) is 13.8. The third kappa shape index (κ3) is 3.07. The number of hydrogen-bond acceptors (Lipinski definition) is 3. The van der Waals surface area contributed by atoms with Gasteiger partial charge in [0.25, 0.3) is 0 Å². The summed E-state index contributed by atoms with van der Waals surface area (Å²) < 4.78 is 0. The first-order chi connectivity index (χ1) is 10.2. The first-order valence-electron chi connectivity index (χ1n) is 8.82. The molecule has 1 aromatic heterocycles. The van der Waals surface area contributed by atoms with E-state index in [0.717, 1.165) is 42.9 Å². The van der Waals surface area contributed by atoms with Crippen LogP contribution in [-0.2, 0) is 12.8 Å². The molecule has 3 heteroatoms. The van der Waals surface area contributed by atoms with Gasteiger partial charge in [-0.2, -0.15) is 0 Å². The van der Waals surface area contributed by atoms with Crippen LogP contribution in [0.5, 0.6) is 0 Å². The molecule has 3 rings (SSSR count). The van der Waals surface area contributed by atoms with Crippen molar-refractivity contribution in [1.29, 1.82) is 0 Å². The van der Waals surface area contributed by atoms with Crippen molar-refractivity contribution < 1.29 is 0 Å². The maximum absolute atomic E-state index is 4.94. The van der Waals surface area contributed by atoms with Gasteiger partial charge in [-0.05, 0) is 63.7 Å². The molecule has 0 aromatic carbocycles. The van der Waals surface area contributed by atoms with Crippen LogP contribution in [0.4, 0.5) is 5.82 Å². The zero-order chi connectivity index (χ0) is 14.8. The molecule has 21 heavy (non-hydrogen) atoms. The topological polar surface area (TPSA) is 37.8 Å². The lowest BCUT2D eigenvalue weighted by atomic mass is 9.76.